The van der Waals surface area contributed by atoms with Crippen molar-refractivity contribution in [3.63, 3.8) is 0 Å². The van der Waals surface area contributed by atoms with Gasteiger partial charge in [0, 0.05) is 30.2 Å². The van der Waals surface area contributed by atoms with Crippen LogP contribution in [0, 0.1) is 10.1 Å². The van der Waals surface area contributed by atoms with E-state index in [-0.39, 0.29) is 22.8 Å². The third-order valence-electron chi connectivity index (χ3n) is 4.11. The molecule has 0 saturated carbocycles. The Labute approximate surface area is 164 Å². The Balaban J connectivity index is 1.49. The average Bonchev–Trinajstić information content (AvgIpc) is 2.96. The number of unbranched alkanes of at least 4 members (excludes halogenated alkanes) is 1. The van der Waals surface area contributed by atoms with Crippen LogP contribution in [-0.2, 0) is 13.1 Å². The van der Waals surface area contributed by atoms with Crippen LogP contribution in [0.15, 0.2) is 64.2 Å². The summed E-state index contributed by atoms with van der Waals surface area (Å²) in [6.07, 6.45) is 1.37. The molecule has 0 fully saturated rings. The first-order valence-electron chi connectivity index (χ1n) is 8.77. The Morgan fingerprint density at radius 2 is 1.71 bits per heavy atom. The van der Waals surface area contributed by atoms with Crippen molar-refractivity contribution in [2.24, 2.45) is 0 Å². The van der Waals surface area contributed by atoms with E-state index in [4.69, 9.17) is 4.74 Å². The summed E-state index contributed by atoms with van der Waals surface area (Å²) in [7, 11) is 0. The number of hydrogen-bond donors (Lipinski definition) is 0. The molecular weight excluding hydrogens is 382 g/mol. The SMILES string of the molecule is O=c1sn(CCCCOc2ccc([N+](=O)[O-])cc2)c(=O)n1Cc1ccccc1. The van der Waals surface area contributed by atoms with Gasteiger partial charge >= 0.3 is 10.6 Å². The molecule has 0 unspecified atom stereocenters. The molecular formula is C19H19N3O5S. The number of nitro benzene ring substituents is 1. The van der Waals surface area contributed by atoms with Crippen molar-refractivity contribution in [2.75, 3.05) is 6.61 Å². The number of benzene rings is 2. The lowest BCUT2D eigenvalue weighted by atomic mass is 10.2. The fraction of sp³-hybridized carbons (Fsp3) is 0.263. The molecule has 2 aromatic carbocycles. The Morgan fingerprint density at radius 3 is 2.39 bits per heavy atom. The highest BCUT2D eigenvalue weighted by Crippen LogP contribution is 2.17. The van der Waals surface area contributed by atoms with E-state index in [1.54, 1.807) is 12.1 Å². The number of rotatable bonds is 9. The van der Waals surface area contributed by atoms with Crippen LogP contribution in [-0.4, -0.2) is 20.1 Å². The van der Waals surface area contributed by atoms with Crippen molar-refractivity contribution in [1.29, 1.82) is 0 Å². The van der Waals surface area contributed by atoms with Gasteiger partial charge in [-0.05, 0) is 30.5 Å². The Bertz CT molecular complexity index is 1040. The maximum atomic E-state index is 12.4. The molecule has 1 aromatic heterocycles. The number of nitro groups is 1. The van der Waals surface area contributed by atoms with Crippen LogP contribution in [0.5, 0.6) is 5.75 Å². The number of ether oxygens (including phenoxy) is 1. The molecule has 1 heterocycles. The van der Waals surface area contributed by atoms with E-state index in [1.165, 1.54) is 20.7 Å². The van der Waals surface area contributed by atoms with Crippen molar-refractivity contribution in [3.8, 4) is 5.75 Å². The predicted molar refractivity (Wildman–Crippen MR) is 106 cm³/mol. The maximum Gasteiger partial charge on any atom is 0.341 e. The lowest BCUT2D eigenvalue weighted by Crippen LogP contribution is -2.29. The number of nitrogens with zero attached hydrogens (tertiary/aromatic N) is 3. The van der Waals surface area contributed by atoms with Crippen LogP contribution >= 0.6 is 11.5 Å². The van der Waals surface area contributed by atoms with Crippen LogP contribution in [0.25, 0.3) is 0 Å². The summed E-state index contributed by atoms with van der Waals surface area (Å²) in [6.45, 7) is 1.14. The minimum atomic E-state index is -0.461. The Morgan fingerprint density at radius 1 is 1.00 bits per heavy atom. The molecule has 0 N–H and O–H groups in total. The minimum absolute atomic E-state index is 0.0154. The Kier molecular flexibility index (Phi) is 6.38. The standard InChI is InChI=1S/C19H19N3O5S/c23-18-20(14-15-6-2-1-3-7-15)19(24)28-21(18)12-4-5-13-27-17-10-8-16(9-11-17)22(25)26/h1-3,6-11H,4-5,12-14H2. The van der Waals surface area contributed by atoms with E-state index in [1.807, 2.05) is 30.3 Å². The monoisotopic (exact) mass is 401 g/mol. The number of aromatic nitrogens is 2. The van der Waals surface area contributed by atoms with Crippen molar-refractivity contribution in [3.05, 3.63) is 90.4 Å². The zero-order valence-corrected chi connectivity index (χ0v) is 15.8. The summed E-state index contributed by atoms with van der Waals surface area (Å²) in [6, 6.07) is 15.3. The Hall–Kier alpha value is -3.20. The third-order valence-corrected chi connectivity index (χ3v) is 5.04. The quantitative estimate of drug-likeness (QED) is 0.312. The van der Waals surface area contributed by atoms with Gasteiger partial charge in [-0.25, -0.2) is 13.3 Å². The molecule has 0 radical (unpaired) electrons. The van der Waals surface area contributed by atoms with E-state index in [0.29, 0.717) is 31.7 Å². The lowest BCUT2D eigenvalue weighted by molar-refractivity contribution is -0.384. The lowest BCUT2D eigenvalue weighted by Gasteiger charge is -2.05. The molecule has 3 rings (SSSR count). The molecule has 0 spiro atoms. The summed E-state index contributed by atoms with van der Waals surface area (Å²) in [5.74, 6) is 0.557. The molecule has 9 heteroatoms. The highest BCUT2D eigenvalue weighted by Gasteiger charge is 2.10. The molecule has 0 aliphatic heterocycles. The van der Waals surface area contributed by atoms with Gasteiger partial charge in [-0.2, -0.15) is 0 Å². The zero-order chi connectivity index (χ0) is 19.9. The fourth-order valence-electron chi connectivity index (χ4n) is 2.65. The summed E-state index contributed by atoms with van der Waals surface area (Å²) in [5, 5.41) is 10.6. The van der Waals surface area contributed by atoms with Crippen LogP contribution in [0.1, 0.15) is 18.4 Å². The van der Waals surface area contributed by atoms with Crippen LogP contribution in [0.2, 0.25) is 0 Å². The van der Waals surface area contributed by atoms with Crippen molar-refractivity contribution >= 4 is 17.2 Å². The van der Waals surface area contributed by atoms with Gasteiger partial charge in [-0.3, -0.25) is 14.9 Å². The van der Waals surface area contributed by atoms with E-state index in [2.05, 4.69) is 0 Å². The fourth-order valence-corrected chi connectivity index (χ4v) is 3.47. The normalized spacial score (nSPS) is 10.7. The minimum Gasteiger partial charge on any atom is -0.494 e. The van der Waals surface area contributed by atoms with Gasteiger partial charge in [-0.15, -0.1) is 0 Å². The zero-order valence-electron chi connectivity index (χ0n) is 15.0. The summed E-state index contributed by atoms with van der Waals surface area (Å²) >= 11 is 0.926. The highest BCUT2D eigenvalue weighted by atomic mass is 32.1. The maximum absolute atomic E-state index is 12.4. The first-order chi connectivity index (χ1) is 13.5. The third kappa shape index (κ3) is 4.95. The van der Waals surface area contributed by atoms with Crippen LogP contribution < -0.4 is 15.3 Å². The average molecular weight is 401 g/mol. The van der Waals surface area contributed by atoms with Crippen molar-refractivity contribution < 1.29 is 9.66 Å². The number of hydrogen-bond acceptors (Lipinski definition) is 6. The van der Waals surface area contributed by atoms with Crippen molar-refractivity contribution in [2.45, 2.75) is 25.9 Å². The van der Waals surface area contributed by atoms with Gasteiger partial charge in [0.25, 0.3) is 5.69 Å². The van der Waals surface area contributed by atoms with E-state index >= 15 is 0 Å². The van der Waals surface area contributed by atoms with Gasteiger partial charge in [0.2, 0.25) is 0 Å². The van der Waals surface area contributed by atoms with E-state index in [0.717, 1.165) is 17.1 Å². The molecule has 0 atom stereocenters. The summed E-state index contributed by atoms with van der Waals surface area (Å²) in [5.41, 5.74) is 0.625. The molecule has 28 heavy (non-hydrogen) atoms. The second-order valence-corrected chi connectivity index (χ2v) is 7.09. The summed E-state index contributed by atoms with van der Waals surface area (Å²) < 4.78 is 8.26. The van der Waals surface area contributed by atoms with Gasteiger partial charge in [0.15, 0.2) is 0 Å². The van der Waals surface area contributed by atoms with Gasteiger partial charge in [-0.1, -0.05) is 30.3 Å². The van der Waals surface area contributed by atoms with E-state index in [9.17, 15) is 19.7 Å². The van der Waals surface area contributed by atoms with Gasteiger partial charge in [0.1, 0.15) is 5.75 Å². The molecule has 0 aliphatic carbocycles. The largest absolute Gasteiger partial charge is 0.494 e. The molecule has 3 aromatic rings. The molecule has 0 amide bonds. The second-order valence-electron chi connectivity index (χ2n) is 6.12. The molecule has 8 nitrogen and oxygen atoms in total. The molecule has 0 aliphatic rings. The molecule has 0 bridgehead atoms. The van der Waals surface area contributed by atoms with Gasteiger partial charge in [0.05, 0.1) is 18.1 Å². The van der Waals surface area contributed by atoms with E-state index < -0.39 is 4.92 Å². The number of non-ortho nitro benzene ring substituents is 1. The van der Waals surface area contributed by atoms with Crippen LogP contribution in [0.4, 0.5) is 5.69 Å². The summed E-state index contributed by atoms with van der Waals surface area (Å²) in [4.78, 5) is 34.4. The van der Waals surface area contributed by atoms with Crippen molar-refractivity contribution in [1.82, 2.24) is 8.52 Å². The van der Waals surface area contributed by atoms with Crippen LogP contribution in [0.3, 0.4) is 0 Å². The molecule has 0 saturated heterocycles. The topological polar surface area (TPSA) is 96.4 Å². The second kappa shape index (κ2) is 9.14. The predicted octanol–water partition coefficient (Wildman–Crippen LogP) is 2.89. The first kappa shape index (κ1) is 19.6. The number of aryl methyl sites for hydroxylation is 1. The first-order valence-corrected chi connectivity index (χ1v) is 9.54. The van der Waals surface area contributed by atoms with Gasteiger partial charge < -0.3 is 4.74 Å². The molecule has 146 valence electrons. The highest BCUT2D eigenvalue weighted by molar-refractivity contribution is 7.03. The smallest absolute Gasteiger partial charge is 0.341 e.